The highest BCUT2D eigenvalue weighted by Gasteiger charge is 2.24. The first kappa shape index (κ1) is 20.2. The number of hydrogen-bond donors (Lipinski definition) is 2. The van der Waals surface area contributed by atoms with Gasteiger partial charge in [-0.1, -0.05) is 57.0 Å². The number of hydrogen-bond acceptors (Lipinski definition) is 3. The van der Waals surface area contributed by atoms with Crippen molar-refractivity contribution < 1.29 is 14.7 Å². The molecule has 2 N–H and O–H groups in total. The Hall–Kier alpha value is -1.88. The van der Waals surface area contributed by atoms with Crippen LogP contribution in [0.25, 0.3) is 0 Å². The average Bonchev–Trinajstić information content (AvgIpc) is 2.55. The van der Waals surface area contributed by atoms with Gasteiger partial charge < -0.3 is 10.0 Å². The lowest BCUT2D eigenvalue weighted by molar-refractivity contribution is -0.141. The van der Waals surface area contributed by atoms with Crippen LogP contribution in [0, 0.1) is 12.8 Å². The monoisotopic (exact) mass is 334 g/mol. The number of nitrogens with one attached hydrogen (secondary N) is 1. The van der Waals surface area contributed by atoms with E-state index in [1.165, 1.54) is 5.56 Å². The van der Waals surface area contributed by atoms with Gasteiger partial charge in [-0.15, -0.1) is 0 Å². The molecular formula is C19H30N2O3. The molecule has 1 aromatic carbocycles. The van der Waals surface area contributed by atoms with Gasteiger partial charge >= 0.3 is 5.97 Å². The molecule has 0 saturated heterocycles. The van der Waals surface area contributed by atoms with Crippen molar-refractivity contribution in [3.05, 3.63) is 35.4 Å². The number of carbonyl (C=O) groups is 2. The number of aliphatic carboxylic acids is 1. The van der Waals surface area contributed by atoms with Gasteiger partial charge in [-0.2, -0.15) is 0 Å². The van der Waals surface area contributed by atoms with Gasteiger partial charge in [0.25, 0.3) is 0 Å². The minimum Gasteiger partial charge on any atom is -0.480 e. The van der Waals surface area contributed by atoms with Crippen LogP contribution in [0.1, 0.15) is 44.7 Å². The minimum atomic E-state index is -0.905. The normalized spacial score (nSPS) is 13.3. The molecule has 0 radical (unpaired) electrons. The lowest BCUT2D eigenvalue weighted by Gasteiger charge is -2.25. The number of nitrogens with zero attached hydrogens (tertiary/aromatic N) is 1. The Kier molecular flexibility index (Phi) is 8.47. The molecule has 5 nitrogen and oxygen atoms in total. The van der Waals surface area contributed by atoms with Crippen molar-refractivity contribution >= 4 is 11.9 Å². The van der Waals surface area contributed by atoms with Gasteiger partial charge in [0.1, 0.15) is 6.04 Å². The first-order valence-electron chi connectivity index (χ1n) is 8.68. The highest BCUT2D eigenvalue weighted by Crippen LogP contribution is 2.10. The molecule has 5 heteroatoms. The van der Waals surface area contributed by atoms with E-state index in [9.17, 15) is 14.7 Å². The molecule has 0 aliphatic heterocycles. The lowest BCUT2D eigenvalue weighted by Crippen LogP contribution is -2.47. The van der Waals surface area contributed by atoms with Gasteiger partial charge in [-0.25, -0.2) is 0 Å². The van der Waals surface area contributed by atoms with E-state index in [0.717, 1.165) is 18.4 Å². The van der Waals surface area contributed by atoms with Gasteiger partial charge in [-0.05, 0) is 24.8 Å². The summed E-state index contributed by atoms with van der Waals surface area (Å²) in [6, 6.07) is 7.43. The summed E-state index contributed by atoms with van der Waals surface area (Å²) in [5.41, 5.74) is 2.27. The molecule has 0 fully saturated rings. The predicted octanol–water partition coefficient (Wildman–Crippen LogP) is 2.82. The number of aryl methyl sites for hydroxylation is 1. The van der Waals surface area contributed by atoms with Crippen LogP contribution in [0.5, 0.6) is 0 Å². The Morgan fingerprint density at radius 3 is 2.33 bits per heavy atom. The average molecular weight is 334 g/mol. The van der Waals surface area contributed by atoms with Crippen molar-refractivity contribution in [2.45, 2.75) is 53.1 Å². The van der Waals surface area contributed by atoms with Gasteiger partial charge in [0.2, 0.25) is 5.91 Å². The van der Waals surface area contributed by atoms with Crippen molar-refractivity contribution in [2.75, 3.05) is 13.1 Å². The molecule has 2 atom stereocenters. The second-order valence-corrected chi connectivity index (χ2v) is 6.38. The standard InChI is InChI=1S/C19H30N2O3/c1-5-11-21(13-16-9-7-14(3)8-10-16)17(22)12-20-18(19(23)24)15(4)6-2/h7-10,15,18,20H,5-6,11-13H2,1-4H3,(H,23,24)/t15-,18-/m0/s1. The van der Waals surface area contributed by atoms with Crippen LogP contribution in [0.4, 0.5) is 0 Å². The number of benzene rings is 1. The summed E-state index contributed by atoms with van der Waals surface area (Å²) in [5, 5.41) is 12.2. The van der Waals surface area contributed by atoms with E-state index in [2.05, 4.69) is 5.32 Å². The quantitative estimate of drug-likeness (QED) is 0.690. The summed E-state index contributed by atoms with van der Waals surface area (Å²) < 4.78 is 0. The molecule has 0 saturated carbocycles. The Labute approximate surface area is 145 Å². The van der Waals surface area contributed by atoms with E-state index in [0.29, 0.717) is 13.1 Å². The van der Waals surface area contributed by atoms with E-state index >= 15 is 0 Å². The fraction of sp³-hybridized carbons (Fsp3) is 0.579. The third-order valence-corrected chi connectivity index (χ3v) is 4.29. The van der Waals surface area contributed by atoms with E-state index in [1.807, 2.05) is 52.0 Å². The SMILES string of the molecule is CCCN(Cc1ccc(C)cc1)C(=O)CN[C@H](C(=O)O)[C@@H](C)CC. The summed E-state index contributed by atoms with van der Waals surface area (Å²) in [7, 11) is 0. The van der Waals surface area contributed by atoms with Crippen LogP contribution in [-0.2, 0) is 16.1 Å². The first-order valence-corrected chi connectivity index (χ1v) is 8.68. The zero-order valence-corrected chi connectivity index (χ0v) is 15.2. The number of rotatable bonds is 10. The second-order valence-electron chi connectivity index (χ2n) is 6.38. The van der Waals surface area contributed by atoms with Crippen molar-refractivity contribution in [1.29, 1.82) is 0 Å². The third kappa shape index (κ3) is 6.32. The van der Waals surface area contributed by atoms with Gasteiger partial charge in [0.15, 0.2) is 0 Å². The van der Waals surface area contributed by atoms with Crippen LogP contribution in [0.3, 0.4) is 0 Å². The van der Waals surface area contributed by atoms with Gasteiger partial charge in [0.05, 0.1) is 6.54 Å². The summed E-state index contributed by atoms with van der Waals surface area (Å²) >= 11 is 0. The molecule has 0 unspecified atom stereocenters. The van der Waals surface area contributed by atoms with E-state index in [1.54, 1.807) is 4.90 Å². The van der Waals surface area contributed by atoms with E-state index < -0.39 is 12.0 Å². The smallest absolute Gasteiger partial charge is 0.320 e. The number of carboxylic acid groups (broad SMARTS) is 1. The topological polar surface area (TPSA) is 69.6 Å². The van der Waals surface area contributed by atoms with Crippen molar-refractivity contribution in [1.82, 2.24) is 10.2 Å². The summed E-state index contributed by atoms with van der Waals surface area (Å²) in [6.07, 6.45) is 1.62. The highest BCUT2D eigenvalue weighted by molar-refractivity contribution is 5.80. The molecule has 1 rings (SSSR count). The number of carbonyl (C=O) groups excluding carboxylic acids is 1. The molecule has 0 aliphatic rings. The maximum absolute atomic E-state index is 12.5. The van der Waals surface area contributed by atoms with E-state index in [4.69, 9.17) is 0 Å². The van der Waals surface area contributed by atoms with Gasteiger partial charge in [0, 0.05) is 13.1 Å². The number of amides is 1. The molecule has 24 heavy (non-hydrogen) atoms. The molecule has 0 bridgehead atoms. The maximum Gasteiger partial charge on any atom is 0.320 e. The van der Waals surface area contributed by atoms with Crippen LogP contribution in [-0.4, -0.2) is 41.0 Å². The van der Waals surface area contributed by atoms with Crippen molar-refractivity contribution in [2.24, 2.45) is 5.92 Å². The molecule has 0 spiro atoms. The predicted molar refractivity (Wildman–Crippen MR) is 95.8 cm³/mol. The molecule has 134 valence electrons. The van der Waals surface area contributed by atoms with E-state index in [-0.39, 0.29) is 18.4 Å². The Morgan fingerprint density at radius 1 is 1.21 bits per heavy atom. The van der Waals surface area contributed by atoms with Crippen LogP contribution >= 0.6 is 0 Å². The second kappa shape index (κ2) is 10.1. The number of carboxylic acids is 1. The summed E-state index contributed by atoms with van der Waals surface area (Å²) in [4.78, 5) is 25.6. The Morgan fingerprint density at radius 2 is 1.83 bits per heavy atom. The fourth-order valence-corrected chi connectivity index (χ4v) is 2.55. The highest BCUT2D eigenvalue weighted by atomic mass is 16.4. The molecule has 0 aromatic heterocycles. The summed E-state index contributed by atoms with van der Waals surface area (Å²) in [6.45, 7) is 9.15. The third-order valence-electron chi connectivity index (χ3n) is 4.29. The minimum absolute atomic E-state index is 0.0213. The molecule has 1 aromatic rings. The van der Waals surface area contributed by atoms with Crippen LogP contribution in [0.15, 0.2) is 24.3 Å². The molecule has 0 aliphatic carbocycles. The molecule has 0 heterocycles. The van der Waals surface area contributed by atoms with Crippen LogP contribution < -0.4 is 5.32 Å². The Bertz CT molecular complexity index is 528. The lowest BCUT2D eigenvalue weighted by atomic mass is 9.99. The maximum atomic E-state index is 12.5. The van der Waals surface area contributed by atoms with Crippen LogP contribution in [0.2, 0.25) is 0 Å². The van der Waals surface area contributed by atoms with Crippen molar-refractivity contribution in [3.8, 4) is 0 Å². The first-order chi connectivity index (χ1) is 11.4. The van der Waals surface area contributed by atoms with Gasteiger partial charge in [-0.3, -0.25) is 14.9 Å². The zero-order valence-electron chi connectivity index (χ0n) is 15.2. The molecule has 1 amide bonds. The zero-order chi connectivity index (χ0) is 18.1. The Balaban J connectivity index is 2.68. The molecular weight excluding hydrogens is 304 g/mol. The largest absolute Gasteiger partial charge is 0.480 e. The summed E-state index contributed by atoms with van der Waals surface area (Å²) in [5.74, 6) is -0.989. The van der Waals surface area contributed by atoms with Crippen molar-refractivity contribution in [3.63, 3.8) is 0 Å². The fourth-order valence-electron chi connectivity index (χ4n) is 2.55.